The van der Waals surface area contributed by atoms with E-state index in [4.69, 9.17) is 0 Å². The molecule has 0 unspecified atom stereocenters. The molecule has 11 heavy (non-hydrogen) atoms. The van der Waals surface area contributed by atoms with Gasteiger partial charge in [-0.3, -0.25) is 4.79 Å². The second-order valence-corrected chi connectivity index (χ2v) is 1.83. The maximum atomic E-state index is 10.8. The molecule has 0 saturated carbocycles. The lowest BCUT2D eigenvalue weighted by atomic mass is 10.3. The van der Waals surface area contributed by atoms with Crippen LogP contribution in [0.25, 0.3) is 0 Å². The van der Waals surface area contributed by atoms with Gasteiger partial charge in [-0.2, -0.15) is 0 Å². The monoisotopic (exact) mass is 157 g/mol. The van der Waals surface area contributed by atoms with Gasteiger partial charge in [0.2, 0.25) is 5.91 Å². The summed E-state index contributed by atoms with van der Waals surface area (Å²) in [5.41, 5.74) is 0.775. The van der Waals surface area contributed by atoms with Crippen LogP contribution in [0.3, 0.4) is 0 Å². The van der Waals surface area contributed by atoms with Crippen molar-refractivity contribution in [2.45, 2.75) is 34.6 Å². The van der Waals surface area contributed by atoms with Crippen LogP contribution in [0, 0.1) is 0 Å². The molecule has 66 valence electrons. The quantitative estimate of drug-likeness (QED) is 0.611. The van der Waals surface area contributed by atoms with Crippen molar-refractivity contribution >= 4 is 5.91 Å². The van der Waals surface area contributed by atoms with Crippen molar-refractivity contribution in [2.24, 2.45) is 0 Å². The zero-order chi connectivity index (χ0) is 9.28. The number of hydrogen-bond donors (Lipinski definition) is 1. The normalized spacial score (nSPS) is 9.73. The Bertz CT molecular complexity index is 128. The summed E-state index contributed by atoms with van der Waals surface area (Å²) < 4.78 is 0. The molecule has 0 aromatic carbocycles. The molecule has 0 aromatic heterocycles. The van der Waals surface area contributed by atoms with Gasteiger partial charge in [-0.05, 0) is 20.8 Å². The van der Waals surface area contributed by atoms with E-state index in [-0.39, 0.29) is 5.91 Å². The number of amides is 1. The molecular weight excluding hydrogens is 138 g/mol. The molecule has 0 radical (unpaired) electrons. The van der Waals surface area contributed by atoms with E-state index in [0.717, 1.165) is 5.57 Å². The number of allylic oxidation sites excluding steroid dienone is 1. The smallest absolute Gasteiger partial charge is 0.246 e. The Morgan fingerprint density at radius 1 is 1.45 bits per heavy atom. The summed E-state index contributed by atoms with van der Waals surface area (Å²) in [6, 6.07) is 0. The van der Waals surface area contributed by atoms with Crippen molar-refractivity contribution in [3.05, 3.63) is 11.6 Å². The number of carbonyl (C=O) groups excluding carboxylic acids is 1. The van der Waals surface area contributed by atoms with Crippen molar-refractivity contribution in [2.75, 3.05) is 6.54 Å². The Morgan fingerprint density at radius 3 is 2.18 bits per heavy atom. The van der Waals surface area contributed by atoms with Crippen LogP contribution < -0.4 is 5.32 Å². The van der Waals surface area contributed by atoms with Gasteiger partial charge in [-0.1, -0.05) is 19.9 Å². The molecule has 0 aliphatic carbocycles. The third-order valence-electron chi connectivity index (χ3n) is 1.13. The largest absolute Gasteiger partial charge is 0.353 e. The summed E-state index contributed by atoms with van der Waals surface area (Å²) >= 11 is 0. The third kappa shape index (κ3) is 7.10. The molecule has 0 aromatic rings. The van der Waals surface area contributed by atoms with Crippen LogP contribution in [0.15, 0.2) is 11.6 Å². The Hall–Kier alpha value is -0.790. The Balaban J connectivity index is 0. The molecule has 0 bridgehead atoms. The average molecular weight is 157 g/mol. The highest BCUT2D eigenvalue weighted by Crippen LogP contribution is 1.89. The number of hydrogen-bond acceptors (Lipinski definition) is 1. The van der Waals surface area contributed by atoms with Gasteiger partial charge in [0.05, 0.1) is 0 Å². The van der Waals surface area contributed by atoms with Gasteiger partial charge < -0.3 is 5.32 Å². The van der Waals surface area contributed by atoms with Crippen LogP contribution in [-0.4, -0.2) is 12.5 Å². The first-order chi connectivity index (χ1) is 5.22. The predicted molar refractivity (Wildman–Crippen MR) is 49.5 cm³/mol. The van der Waals surface area contributed by atoms with E-state index in [1.807, 2.05) is 27.7 Å². The molecule has 0 fully saturated rings. The molecule has 0 atom stereocenters. The van der Waals surface area contributed by atoms with Gasteiger partial charge in [0.15, 0.2) is 0 Å². The van der Waals surface area contributed by atoms with E-state index in [1.54, 1.807) is 13.0 Å². The molecule has 0 spiro atoms. The highest BCUT2D eigenvalue weighted by atomic mass is 16.1. The minimum absolute atomic E-state index is 0.0278. The highest BCUT2D eigenvalue weighted by molar-refractivity contribution is 5.92. The lowest BCUT2D eigenvalue weighted by Gasteiger charge is -1.98. The molecule has 0 aliphatic rings. The predicted octanol–water partition coefficient (Wildman–Crippen LogP) is 2.11. The molecule has 0 heterocycles. The first kappa shape index (κ1) is 12.8. The van der Waals surface area contributed by atoms with E-state index >= 15 is 0 Å². The fourth-order valence-electron chi connectivity index (χ4n) is 0.431. The SMILES string of the molecule is C/C=C(/C)C(=O)NCC.CC. The molecule has 2 heteroatoms. The van der Waals surface area contributed by atoms with Crippen LogP contribution >= 0.6 is 0 Å². The van der Waals surface area contributed by atoms with Gasteiger partial charge in [0.25, 0.3) is 0 Å². The van der Waals surface area contributed by atoms with Crippen LogP contribution in [0.2, 0.25) is 0 Å². The maximum absolute atomic E-state index is 10.8. The molecule has 0 saturated heterocycles. The van der Waals surface area contributed by atoms with Crippen LogP contribution in [-0.2, 0) is 4.79 Å². The number of likely N-dealkylation sites (N-methyl/N-ethyl adjacent to an activating group) is 1. The van der Waals surface area contributed by atoms with Crippen molar-refractivity contribution < 1.29 is 4.79 Å². The summed E-state index contributed by atoms with van der Waals surface area (Å²) in [5.74, 6) is 0.0278. The topological polar surface area (TPSA) is 29.1 Å². The summed E-state index contributed by atoms with van der Waals surface area (Å²) in [7, 11) is 0. The van der Waals surface area contributed by atoms with E-state index in [1.165, 1.54) is 0 Å². The van der Waals surface area contributed by atoms with Crippen LogP contribution in [0.5, 0.6) is 0 Å². The highest BCUT2D eigenvalue weighted by Gasteiger charge is 1.97. The average Bonchev–Trinajstić information content (AvgIpc) is 2.07. The van der Waals surface area contributed by atoms with Gasteiger partial charge in [0.1, 0.15) is 0 Å². The van der Waals surface area contributed by atoms with E-state index in [9.17, 15) is 4.79 Å². The first-order valence-electron chi connectivity index (χ1n) is 4.13. The number of rotatable bonds is 2. The van der Waals surface area contributed by atoms with Gasteiger partial charge in [-0.15, -0.1) is 0 Å². The van der Waals surface area contributed by atoms with Crippen molar-refractivity contribution in [3.63, 3.8) is 0 Å². The van der Waals surface area contributed by atoms with Gasteiger partial charge in [0, 0.05) is 12.1 Å². The second kappa shape index (κ2) is 9.21. The van der Waals surface area contributed by atoms with E-state index in [0.29, 0.717) is 6.54 Å². The van der Waals surface area contributed by atoms with Crippen molar-refractivity contribution in [1.29, 1.82) is 0 Å². The van der Waals surface area contributed by atoms with E-state index in [2.05, 4.69) is 5.32 Å². The van der Waals surface area contributed by atoms with Crippen LogP contribution in [0.1, 0.15) is 34.6 Å². The molecule has 1 N–H and O–H groups in total. The summed E-state index contributed by atoms with van der Waals surface area (Å²) in [6.45, 7) is 10.3. The summed E-state index contributed by atoms with van der Waals surface area (Å²) in [4.78, 5) is 10.8. The Kier molecular flexibility index (Phi) is 10.8. The zero-order valence-corrected chi connectivity index (χ0v) is 8.19. The molecule has 0 aliphatic heterocycles. The first-order valence-corrected chi connectivity index (χ1v) is 4.13. The third-order valence-corrected chi connectivity index (χ3v) is 1.13. The Morgan fingerprint density at radius 2 is 1.91 bits per heavy atom. The van der Waals surface area contributed by atoms with Crippen LogP contribution in [0.4, 0.5) is 0 Å². The number of nitrogens with one attached hydrogen (secondary N) is 1. The van der Waals surface area contributed by atoms with Gasteiger partial charge in [-0.25, -0.2) is 0 Å². The molecular formula is C9H19NO. The zero-order valence-electron chi connectivity index (χ0n) is 8.19. The summed E-state index contributed by atoms with van der Waals surface area (Å²) in [6.07, 6.45) is 1.80. The minimum Gasteiger partial charge on any atom is -0.353 e. The second-order valence-electron chi connectivity index (χ2n) is 1.83. The molecule has 0 rings (SSSR count). The maximum Gasteiger partial charge on any atom is 0.246 e. The minimum atomic E-state index is 0.0278. The molecule has 1 amide bonds. The standard InChI is InChI=1S/C7H13NO.C2H6/c1-4-6(3)7(9)8-5-2;1-2/h4H,5H2,1-3H3,(H,8,9);1-2H3/b6-4-;. The van der Waals surface area contributed by atoms with Crippen molar-refractivity contribution in [3.8, 4) is 0 Å². The van der Waals surface area contributed by atoms with E-state index < -0.39 is 0 Å². The lowest BCUT2D eigenvalue weighted by molar-refractivity contribution is -0.117. The summed E-state index contributed by atoms with van der Waals surface area (Å²) in [5, 5.41) is 2.69. The fourth-order valence-corrected chi connectivity index (χ4v) is 0.431. The molecule has 2 nitrogen and oxygen atoms in total. The number of carbonyl (C=O) groups is 1. The fraction of sp³-hybridized carbons (Fsp3) is 0.667. The lowest BCUT2D eigenvalue weighted by Crippen LogP contribution is -2.23. The van der Waals surface area contributed by atoms with Gasteiger partial charge >= 0.3 is 0 Å². The van der Waals surface area contributed by atoms with Crippen molar-refractivity contribution in [1.82, 2.24) is 5.32 Å². The Labute approximate surface area is 69.7 Å².